The van der Waals surface area contributed by atoms with Gasteiger partial charge >= 0.3 is 17.1 Å². The molecule has 0 aliphatic carbocycles. The second-order valence-corrected chi connectivity index (χ2v) is 4.05. The van der Waals surface area contributed by atoms with Gasteiger partial charge in [-0.15, -0.1) is 0 Å². The average Bonchev–Trinajstić information content (AvgIpc) is 2.41. The molecule has 5 N–H and O–H groups in total. The Labute approximate surface area is 134 Å². The molecule has 0 saturated heterocycles. The van der Waals surface area contributed by atoms with Crippen molar-refractivity contribution >= 4 is 11.8 Å². The standard InChI is InChI=1S/C11H22FN5O2.Cu.H2O/c12-9-10(18)16-7-5-14-3-1-13-2-4-15-6-8-17-11(9)19;;/h9,13-15H,1-8H2,(H,16,18)(H,17,19);;1H2/q;+2;/p-2. The normalized spacial score (nSPS) is 23.0. The van der Waals surface area contributed by atoms with Crippen LogP contribution < -0.4 is 26.2 Å². The third kappa shape index (κ3) is 10.6. The molecule has 0 atom stereocenters. The molecule has 0 aromatic rings. The fraction of sp³-hybridized carbons (Fsp3) is 0.818. The van der Waals surface area contributed by atoms with Crippen molar-refractivity contribution in [2.24, 2.45) is 9.98 Å². The molecule has 0 aromatic carbocycles. The zero-order valence-electron chi connectivity index (χ0n) is 11.6. The number of nitrogens with one attached hydrogen (secondary N) is 3. The average molecular weight is 355 g/mol. The van der Waals surface area contributed by atoms with E-state index in [4.69, 9.17) is 0 Å². The van der Waals surface area contributed by atoms with Gasteiger partial charge in [0.25, 0.3) is 0 Å². The molecule has 1 aliphatic rings. The minimum absolute atomic E-state index is 0. The fourth-order valence-corrected chi connectivity index (χ4v) is 1.48. The van der Waals surface area contributed by atoms with Crippen LogP contribution in [0.15, 0.2) is 9.98 Å². The van der Waals surface area contributed by atoms with E-state index in [9.17, 15) is 14.6 Å². The number of nitrogens with zero attached hydrogens (tertiary/aromatic N) is 2. The zero-order chi connectivity index (χ0) is 13.9. The van der Waals surface area contributed by atoms with Gasteiger partial charge in [0.05, 0.1) is 13.1 Å². The van der Waals surface area contributed by atoms with Crippen LogP contribution in [-0.2, 0) is 17.1 Å². The van der Waals surface area contributed by atoms with E-state index in [0.717, 1.165) is 26.2 Å². The molecule has 0 saturated carbocycles. The molecular formula is C11H22CuFN5O3. The third-order valence-corrected chi connectivity index (χ3v) is 2.50. The number of halogens is 1. The summed E-state index contributed by atoms with van der Waals surface area (Å²) in [5.74, 6) is -2.09. The molecule has 127 valence electrons. The maximum absolute atomic E-state index is 13.3. The number of hydrogen-bond acceptors (Lipinski definition) is 7. The quantitative estimate of drug-likeness (QED) is 0.378. The molecule has 0 bridgehead atoms. The molecule has 10 heteroatoms. The molecule has 0 unspecified atom stereocenters. The van der Waals surface area contributed by atoms with Gasteiger partial charge in [-0.3, -0.25) is 0 Å². The van der Waals surface area contributed by atoms with Crippen molar-refractivity contribution in [3.05, 3.63) is 0 Å². The number of hydrogen-bond donors (Lipinski definition) is 3. The summed E-state index contributed by atoms with van der Waals surface area (Å²) in [6, 6.07) is 0. The first-order chi connectivity index (χ1) is 9.22. The number of aliphatic imine (C=N–C) groups is 2. The summed E-state index contributed by atoms with van der Waals surface area (Å²) in [5.41, 5.74) is 0. The number of rotatable bonds is 0. The van der Waals surface area contributed by atoms with Crippen LogP contribution >= 0.6 is 0 Å². The smallest absolute Gasteiger partial charge is 0.860 e. The van der Waals surface area contributed by atoms with Crippen LogP contribution in [0.4, 0.5) is 4.39 Å². The van der Waals surface area contributed by atoms with E-state index < -0.39 is 18.0 Å². The summed E-state index contributed by atoms with van der Waals surface area (Å²) in [6.07, 6.45) is -2.26. The topological polar surface area (TPSA) is 138 Å². The Hall–Kier alpha value is -0.771. The Morgan fingerprint density at radius 1 is 0.810 bits per heavy atom. The van der Waals surface area contributed by atoms with Gasteiger partial charge in [-0.25, -0.2) is 4.39 Å². The van der Waals surface area contributed by atoms with Crippen molar-refractivity contribution < 1.29 is 37.1 Å². The van der Waals surface area contributed by atoms with E-state index >= 15 is 0 Å². The van der Waals surface area contributed by atoms with Crippen molar-refractivity contribution in [3.8, 4) is 0 Å². The Balaban J connectivity index is 0. The summed E-state index contributed by atoms with van der Waals surface area (Å²) in [4.78, 5) is 6.98. The maximum atomic E-state index is 13.3. The van der Waals surface area contributed by atoms with E-state index in [2.05, 4.69) is 25.9 Å². The Bertz CT molecular complexity index is 292. The van der Waals surface area contributed by atoms with E-state index in [1.54, 1.807) is 0 Å². The van der Waals surface area contributed by atoms with Crippen molar-refractivity contribution in [2.75, 3.05) is 52.4 Å². The van der Waals surface area contributed by atoms with Crippen LogP contribution in [0.2, 0.25) is 0 Å². The molecule has 1 heterocycles. The molecule has 1 rings (SSSR count). The van der Waals surface area contributed by atoms with Crippen LogP contribution in [0.1, 0.15) is 0 Å². The van der Waals surface area contributed by atoms with Crippen LogP contribution in [0.3, 0.4) is 0 Å². The fourth-order valence-electron chi connectivity index (χ4n) is 1.48. The molecule has 0 fully saturated rings. The summed E-state index contributed by atoms with van der Waals surface area (Å²) in [7, 11) is 0. The predicted molar refractivity (Wildman–Crippen MR) is 71.7 cm³/mol. The predicted octanol–water partition coefficient (Wildman–Crippen LogP) is -4.20. The molecule has 1 aliphatic heterocycles. The second kappa shape index (κ2) is 14.2. The van der Waals surface area contributed by atoms with Crippen LogP contribution in [0.25, 0.3) is 0 Å². The first-order valence-electron chi connectivity index (χ1n) is 6.40. The molecule has 8 nitrogen and oxygen atoms in total. The first-order valence-corrected chi connectivity index (χ1v) is 6.40. The van der Waals surface area contributed by atoms with Crippen LogP contribution in [-0.4, -0.2) is 75.8 Å². The Morgan fingerprint density at radius 3 is 1.52 bits per heavy atom. The molecule has 1 radical (unpaired) electrons. The summed E-state index contributed by atoms with van der Waals surface area (Å²) in [5, 5.41) is 31.8. The van der Waals surface area contributed by atoms with Crippen LogP contribution in [0, 0.1) is 0 Å². The van der Waals surface area contributed by atoms with Gasteiger partial charge in [0, 0.05) is 39.3 Å². The van der Waals surface area contributed by atoms with E-state index in [1.165, 1.54) is 0 Å². The Kier molecular flexibility index (Phi) is 15.2. The van der Waals surface area contributed by atoms with E-state index in [1.807, 2.05) is 0 Å². The van der Waals surface area contributed by atoms with Gasteiger partial charge in [0.15, 0.2) is 6.17 Å². The molecular weight excluding hydrogens is 333 g/mol. The number of alkyl halides is 1. The summed E-state index contributed by atoms with van der Waals surface area (Å²) >= 11 is 0. The van der Waals surface area contributed by atoms with Gasteiger partial charge in [-0.05, 0) is 11.8 Å². The van der Waals surface area contributed by atoms with Crippen molar-refractivity contribution in [2.45, 2.75) is 6.17 Å². The summed E-state index contributed by atoms with van der Waals surface area (Å²) < 4.78 is 13.3. The Morgan fingerprint density at radius 2 is 1.14 bits per heavy atom. The second-order valence-electron chi connectivity index (χ2n) is 4.05. The van der Waals surface area contributed by atoms with E-state index in [0.29, 0.717) is 13.1 Å². The first kappa shape index (κ1) is 22.5. The van der Waals surface area contributed by atoms with Crippen molar-refractivity contribution in [1.29, 1.82) is 0 Å². The summed E-state index contributed by atoms with van der Waals surface area (Å²) in [6.45, 7) is 4.39. The minimum Gasteiger partial charge on any atom is -0.860 e. The van der Waals surface area contributed by atoms with Crippen LogP contribution in [0.5, 0.6) is 0 Å². The van der Waals surface area contributed by atoms with Gasteiger partial charge in [-0.1, -0.05) is 0 Å². The third-order valence-electron chi connectivity index (χ3n) is 2.50. The van der Waals surface area contributed by atoms with Crippen molar-refractivity contribution in [1.82, 2.24) is 16.0 Å². The largest absolute Gasteiger partial charge is 2.00 e. The molecule has 0 amide bonds. The molecule has 0 aromatic heterocycles. The molecule has 21 heavy (non-hydrogen) atoms. The SMILES string of the molecule is O.[Cu+2].[O-]C1=NCCNCCNCCNCCN=C([O-])C1F. The monoisotopic (exact) mass is 354 g/mol. The van der Waals surface area contributed by atoms with Gasteiger partial charge in [0.2, 0.25) is 0 Å². The van der Waals surface area contributed by atoms with E-state index in [-0.39, 0.29) is 35.6 Å². The van der Waals surface area contributed by atoms with Gasteiger partial charge in [-0.2, -0.15) is 0 Å². The van der Waals surface area contributed by atoms with Crippen molar-refractivity contribution in [3.63, 3.8) is 0 Å². The zero-order valence-corrected chi connectivity index (χ0v) is 12.6. The maximum Gasteiger partial charge on any atom is 2.00 e. The van der Waals surface area contributed by atoms with Gasteiger partial charge in [0.1, 0.15) is 0 Å². The molecule has 0 spiro atoms. The minimum atomic E-state index is -2.26. The van der Waals surface area contributed by atoms with Gasteiger partial charge < -0.3 is 41.6 Å².